The SMILES string of the molecule is CC1CCn2nc3ccc(N)cc3c2N1. The van der Waals surface area contributed by atoms with Crippen molar-refractivity contribution in [3.8, 4) is 0 Å². The molecular weight excluding hydrogens is 188 g/mol. The van der Waals surface area contributed by atoms with Crippen LogP contribution < -0.4 is 11.1 Å². The van der Waals surface area contributed by atoms with Gasteiger partial charge in [0.15, 0.2) is 0 Å². The van der Waals surface area contributed by atoms with Gasteiger partial charge in [-0.15, -0.1) is 0 Å². The molecule has 1 atom stereocenters. The second-order valence-corrected chi connectivity index (χ2v) is 4.18. The Morgan fingerprint density at radius 1 is 1.53 bits per heavy atom. The maximum absolute atomic E-state index is 5.79. The van der Waals surface area contributed by atoms with Gasteiger partial charge in [0.2, 0.25) is 0 Å². The van der Waals surface area contributed by atoms with Crippen molar-refractivity contribution in [1.29, 1.82) is 0 Å². The van der Waals surface area contributed by atoms with Crippen LogP contribution in [0.2, 0.25) is 0 Å². The Morgan fingerprint density at radius 2 is 2.40 bits per heavy atom. The minimum Gasteiger partial charge on any atom is -0.399 e. The van der Waals surface area contributed by atoms with Gasteiger partial charge in [0.1, 0.15) is 5.82 Å². The van der Waals surface area contributed by atoms with Gasteiger partial charge < -0.3 is 11.1 Å². The van der Waals surface area contributed by atoms with E-state index in [4.69, 9.17) is 5.73 Å². The summed E-state index contributed by atoms with van der Waals surface area (Å²) in [7, 11) is 0. The lowest BCUT2D eigenvalue weighted by Crippen LogP contribution is -2.25. The van der Waals surface area contributed by atoms with Gasteiger partial charge in [-0.2, -0.15) is 5.10 Å². The Kier molecular flexibility index (Phi) is 1.65. The number of aryl methyl sites for hydroxylation is 1. The molecule has 1 unspecified atom stereocenters. The molecule has 78 valence electrons. The quantitative estimate of drug-likeness (QED) is 0.641. The fourth-order valence-electron chi connectivity index (χ4n) is 2.09. The van der Waals surface area contributed by atoms with Crippen LogP contribution in [0.4, 0.5) is 11.5 Å². The van der Waals surface area contributed by atoms with E-state index >= 15 is 0 Å². The number of fused-ring (bicyclic) bond motifs is 3. The van der Waals surface area contributed by atoms with Gasteiger partial charge in [-0.3, -0.25) is 0 Å². The van der Waals surface area contributed by atoms with E-state index in [0.29, 0.717) is 6.04 Å². The minimum absolute atomic E-state index is 0.513. The summed E-state index contributed by atoms with van der Waals surface area (Å²) in [5, 5.41) is 9.11. The van der Waals surface area contributed by atoms with E-state index in [-0.39, 0.29) is 0 Å². The van der Waals surface area contributed by atoms with E-state index < -0.39 is 0 Å². The summed E-state index contributed by atoms with van der Waals surface area (Å²) in [6.45, 7) is 3.17. The Hall–Kier alpha value is -1.71. The first kappa shape index (κ1) is 8.59. The molecule has 2 aromatic rings. The maximum atomic E-state index is 5.79. The van der Waals surface area contributed by atoms with E-state index in [0.717, 1.165) is 35.4 Å². The largest absolute Gasteiger partial charge is 0.399 e. The minimum atomic E-state index is 0.513. The summed E-state index contributed by atoms with van der Waals surface area (Å²) < 4.78 is 2.03. The van der Waals surface area contributed by atoms with Crippen molar-refractivity contribution >= 4 is 22.4 Å². The lowest BCUT2D eigenvalue weighted by atomic mass is 10.1. The maximum Gasteiger partial charge on any atom is 0.132 e. The zero-order valence-electron chi connectivity index (χ0n) is 8.70. The smallest absolute Gasteiger partial charge is 0.132 e. The van der Waals surface area contributed by atoms with Crippen molar-refractivity contribution in [2.75, 3.05) is 11.1 Å². The molecule has 2 heterocycles. The molecule has 0 aliphatic carbocycles. The van der Waals surface area contributed by atoms with E-state index in [2.05, 4.69) is 17.3 Å². The average Bonchev–Trinajstić information content (AvgIpc) is 2.56. The zero-order chi connectivity index (χ0) is 10.4. The third-order valence-corrected chi connectivity index (χ3v) is 2.92. The average molecular weight is 202 g/mol. The van der Waals surface area contributed by atoms with Crippen LogP contribution in [0.15, 0.2) is 18.2 Å². The summed E-state index contributed by atoms with van der Waals surface area (Å²) in [6, 6.07) is 6.37. The molecule has 0 radical (unpaired) electrons. The van der Waals surface area contributed by atoms with Crippen LogP contribution in [0.1, 0.15) is 13.3 Å². The standard InChI is InChI=1S/C11H14N4/c1-7-4-5-15-11(13-7)9-6-8(12)2-3-10(9)14-15/h2-3,6-7,13H,4-5,12H2,1H3. The van der Waals surface area contributed by atoms with Crippen LogP contribution in [-0.4, -0.2) is 15.8 Å². The van der Waals surface area contributed by atoms with Crippen molar-refractivity contribution in [2.24, 2.45) is 0 Å². The summed E-state index contributed by atoms with van der Waals surface area (Å²) >= 11 is 0. The van der Waals surface area contributed by atoms with Crippen LogP contribution in [0.25, 0.3) is 10.9 Å². The lowest BCUT2D eigenvalue weighted by Gasteiger charge is -2.22. The molecule has 0 amide bonds. The van der Waals surface area contributed by atoms with Gasteiger partial charge in [0, 0.05) is 23.7 Å². The molecule has 1 aliphatic heterocycles. The van der Waals surface area contributed by atoms with Crippen LogP contribution in [0.5, 0.6) is 0 Å². The number of benzene rings is 1. The molecule has 4 heteroatoms. The molecule has 0 saturated carbocycles. The molecular formula is C11H14N4. The molecule has 0 spiro atoms. The molecule has 3 N–H and O–H groups in total. The number of nitrogen functional groups attached to an aromatic ring is 1. The molecule has 0 saturated heterocycles. The Balaban J connectivity index is 2.25. The van der Waals surface area contributed by atoms with Crippen LogP contribution in [0.3, 0.4) is 0 Å². The predicted octanol–water partition coefficient (Wildman–Crippen LogP) is 1.82. The number of rotatable bonds is 0. The predicted molar refractivity (Wildman–Crippen MR) is 61.8 cm³/mol. The van der Waals surface area contributed by atoms with Crippen molar-refractivity contribution in [2.45, 2.75) is 25.9 Å². The van der Waals surface area contributed by atoms with Gasteiger partial charge in [0.05, 0.1) is 5.52 Å². The van der Waals surface area contributed by atoms with Gasteiger partial charge in [-0.25, -0.2) is 4.68 Å². The second kappa shape index (κ2) is 2.89. The first-order chi connectivity index (χ1) is 7.24. The number of hydrogen-bond acceptors (Lipinski definition) is 3. The number of nitrogens with one attached hydrogen (secondary N) is 1. The van der Waals surface area contributed by atoms with E-state index in [1.807, 2.05) is 22.9 Å². The van der Waals surface area contributed by atoms with Crippen molar-refractivity contribution in [3.05, 3.63) is 18.2 Å². The molecule has 1 aromatic carbocycles. The highest BCUT2D eigenvalue weighted by Crippen LogP contribution is 2.28. The van der Waals surface area contributed by atoms with Gasteiger partial charge in [0.25, 0.3) is 0 Å². The Labute approximate surface area is 88.1 Å². The van der Waals surface area contributed by atoms with Gasteiger partial charge in [-0.1, -0.05) is 0 Å². The highest BCUT2D eigenvalue weighted by molar-refractivity contribution is 5.92. The van der Waals surface area contributed by atoms with Gasteiger partial charge >= 0.3 is 0 Å². The van der Waals surface area contributed by atoms with E-state index in [1.54, 1.807) is 0 Å². The Morgan fingerprint density at radius 3 is 3.27 bits per heavy atom. The summed E-state index contributed by atoms with van der Waals surface area (Å²) in [4.78, 5) is 0. The molecule has 0 bridgehead atoms. The monoisotopic (exact) mass is 202 g/mol. The van der Waals surface area contributed by atoms with Crippen LogP contribution >= 0.6 is 0 Å². The van der Waals surface area contributed by atoms with E-state index in [9.17, 15) is 0 Å². The van der Waals surface area contributed by atoms with Crippen LogP contribution in [-0.2, 0) is 6.54 Å². The third kappa shape index (κ3) is 1.25. The molecule has 1 aliphatic rings. The van der Waals surface area contributed by atoms with Gasteiger partial charge in [-0.05, 0) is 31.5 Å². The van der Waals surface area contributed by atoms with E-state index in [1.165, 1.54) is 0 Å². The summed E-state index contributed by atoms with van der Waals surface area (Å²) in [5.41, 5.74) is 7.59. The highest BCUT2D eigenvalue weighted by Gasteiger charge is 2.18. The first-order valence-electron chi connectivity index (χ1n) is 5.26. The van der Waals surface area contributed by atoms with Crippen LogP contribution in [0, 0.1) is 0 Å². The lowest BCUT2D eigenvalue weighted by molar-refractivity contribution is 0.516. The fourth-order valence-corrected chi connectivity index (χ4v) is 2.09. The molecule has 15 heavy (non-hydrogen) atoms. The third-order valence-electron chi connectivity index (χ3n) is 2.92. The number of hydrogen-bond donors (Lipinski definition) is 2. The number of nitrogens with zero attached hydrogens (tertiary/aromatic N) is 2. The van der Waals surface area contributed by atoms with Crippen molar-refractivity contribution in [1.82, 2.24) is 9.78 Å². The molecule has 1 aromatic heterocycles. The Bertz CT molecular complexity index is 515. The summed E-state index contributed by atoms with van der Waals surface area (Å²) in [6.07, 6.45) is 1.12. The molecule has 0 fully saturated rings. The first-order valence-corrected chi connectivity index (χ1v) is 5.26. The zero-order valence-corrected chi connectivity index (χ0v) is 8.70. The topological polar surface area (TPSA) is 55.9 Å². The van der Waals surface area contributed by atoms with Crippen molar-refractivity contribution in [3.63, 3.8) is 0 Å². The normalized spacial score (nSPS) is 19.9. The number of anilines is 2. The summed E-state index contributed by atoms with van der Waals surface area (Å²) in [5.74, 6) is 1.11. The molecule has 3 rings (SSSR count). The fraction of sp³-hybridized carbons (Fsp3) is 0.364. The number of nitrogens with two attached hydrogens (primary N) is 1. The van der Waals surface area contributed by atoms with Crippen molar-refractivity contribution < 1.29 is 0 Å². The second-order valence-electron chi connectivity index (χ2n) is 4.18. The molecule has 4 nitrogen and oxygen atoms in total. The highest BCUT2D eigenvalue weighted by atomic mass is 15.3. The number of aromatic nitrogens is 2.